The first-order valence-corrected chi connectivity index (χ1v) is 4.19. The zero-order valence-corrected chi connectivity index (χ0v) is 11.7. The van der Waals surface area contributed by atoms with Crippen LogP contribution in [0.1, 0.15) is 0 Å². The second-order valence-electron chi connectivity index (χ2n) is 0.896. The molecule has 0 amide bonds. The van der Waals surface area contributed by atoms with E-state index in [1.165, 1.54) is 0 Å². The molecule has 0 bridgehead atoms. The minimum absolute atomic E-state index is 0. The van der Waals surface area contributed by atoms with Crippen LogP contribution in [0.25, 0.3) is 0 Å². The van der Waals surface area contributed by atoms with Crippen LogP contribution in [0, 0.1) is 0 Å². The molecule has 0 aliphatic rings. The van der Waals surface area contributed by atoms with E-state index in [2.05, 4.69) is 0 Å². The van der Waals surface area contributed by atoms with Crippen molar-refractivity contribution in [2.45, 2.75) is 0 Å². The summed E-state index contributed by atoms with van der Waals surface area (Å²) in [6.45, 7) is 0. The van der Waals surface area contributed by atoms with E-state index in [1.807, 2.05) is 0 Å². The van der Waals surface area contributed by atoms with Gasteiger partial charge in [0, 0.05) is 16.8 Å². The maximum absolute atomic E-state index is 8.74. The van der Waals surface area contributed by atoms with Gasteiger partial charge in [-0.15, -0.1) is 0 Å². The molecule has 0 fully saturated rings. The SMILES string of the molecule is N.N.O.O.O.O.O.O.O=S(=O)(O)O.O=S(=O)(O)O.[Co]. The fourth-order valence-electron chi connectivity index (χ4n) is 0. The van der Waals surface area contributed by atoms with Gasteiger partial charge in [-0.2, -0.15) is 16.8 Å². The number of hydrogen-bond donors (Lipinski definition) is 6. The summed E-state index contributed by atoms with van der Waals surface area (Å²) in [6, 6.07) is 0. The van der Waals surface area contributed by atoms with E-state index in [9.17, 15) is 0 Å². The molecule has 0 aromatic carbocycles. The van der Waals surface area contributed by atoms with Crippen molar-refractivity contribution in [2.75, 3.05) is 0 Å². The Kier molecular flexibility index (Phi) is 184. The van der Waals surface area contributed by atoms with Gasteiger partial charge >= 0.3 is 20.8 Å². The van der Waals surface area contributed by atoms with Crippen molar-refractivity contribution in [1.82, 2.24) is 12.3 Å². The van der Waals surface area contributed by atoms with Crippen molar-refractivity contribution in [3.05, 3.63) is 0 Å². The summed E-state index contributed by atoms with van der Waals surface area (Å²) in [5.74, 6) is 0. The van der Waals surface area contributed by atoms with Gasteiger partial charge in [0.05, 0.1) is 0 Å². The summed E-state index contributed by atoms with van der Waals surface area (Å²) in [7, 11) is -9.33. The molecule has 16 nitrogen and oxygen atoms in total. The Balaban J connectivity index is -0.00000000508. The number of rotatable bonds is 0. The van der Waals surface area contributed by atoms with Crippen LogP contribution in [0.5, 0.6) is 0 Å². The Labute approximate surface area is 118 Å². The van der Waals surface area contributed by atoms with Crippen LogP contribution in [0.15, 0.2) is 0 Å². The van der Waals surface area contributed by atoms with Crippen molar-refractivity contribution in [2.24, 2.45) is 0 Å². The van der Waals surface area contributed by atoms with Gasteiger partial charge in [0.1, 0.15) is 0 Å². The molecule has 0 rings (SSSR count). The van der Waals surface area contributed by atoms with Crippen LogP contribution in [-0.2, 0) is 37.6 Å². The van der Waals surface area contributed by atoms with Crippen LogP contribution in [-0.4, -0.2) is 67.9 Å². The third-order valence-electron chi connectivity index (χ3n) is 0. The normalized spacial score (nSPS) is 6.11. The standard InChI is InChI=1S/Co.2H3N.2H2O4S.6H2O/c;;;2*1-5(2,3)4;;;;;;/h;2*1H3;2*(H2,1,2,3,4);6*1H2. The molecular weight excluding hydrogens is 375 g/mol. The molecule has 19 heteroatoms. The molecule has 19 heavy (non-hydrogen) atoms. The first-order chi connectivity index (χ1) is 4.00. The molecule has 0 aromatic rings. The summed E-state index contributed by atoms with van der Waals surface area (Å²) in [4.78, 5) is 0. The van der Waals surface area contributed by atoms with Gasteiger partial charge in [0.2, 0.25) is 0 Å². The maximum Gasteiger partial charge on any atom is 0.394 e. The van der Waals surface area contributed by atoms with E-state index in [0.29, 0.717) is 0 Å². The van der Waals surface area contributed by atoms with E-state index in [4.69, 9.17) is 35.0 Å². The first-order valence-electron chi connectivity index (χ1n) is 1.40. The summed E-state index contributed by atoms with van der Waals surface area (Å²) in [5.41, 5.74) is 0. The largest absolute Gasteiger partial charge is 0.412 e. The average molecular weight is 397 g/mol. The van der Waals surface area contributed by atoms with Crippen LogP contribution in [0.2, 0.25) is 0 Å². The van der Waals surface area contributed by atoms with Gasteiger partial charge in [-0.05, 0) is 0 Å². The van der Waals surface area contributed by atoms with Gasteiger partial charge in [0.15, 0.2) is 0 Å². The van der Waals surface area contributed by atoms with Crippen molar-refractivity contribution in [3.8, 4) is 0 Å². The fraction of sp³-hybridized carbons (Fsp3) is 0. The molecule has 22 N–H and O–H groups in total. The molecule has 0 saturated carbocycles. The first kappa shape index (κ1) is 96.8. The third kappa shape index (κ3) is 842000. The smallest absolute Gasteiger partial charge is 0.394 e. The molecular formula is H22CoN2O14S2. The van der Waals surface area contributed by atoms with E-state index in [0.717, 1.165) is 0 Å². The van der Waals surface area contributed by atoms with Gasteiger partial charge in [0.25, 0.3) is 0 Å². The predicted molar refractivity (Wildman–Crippen MR) is 60.1 cm³/mol. The van der Waals surface area contributed by atoms with Gasteiger partial charge in [-0.1, -0.05) is 0 Å². The fourth-order valence-corrected chi connectivity index (χ4v) is 0. The van der Waals surface area contributed by atoms with E-state index in [1.54, 1.807) is 0 Å². The minimum Gasteiger partial charge on any atom is -0.412 e. The summed E-state index contributed by atoms with van der Waals surface area (Å²) < 4.78 is 63.2. The summed E-state index contributed by atoms with van der Waals surface area (Å²) >= 11 is 0. The zero-order valence-electron chi connectivity index (χ0n) is 8.99. The predicted octanol–water partition coefficient (Wildman–Crippen LogP) is -5.93. The molecule has 0 saturated heterocycles. The Morgan fingerprint density at radius 3 is 0.474 bits per heavy atom. The summed E-state index contributed by atoms with van der Waals surface area (Å²) in [5, 5.41) is 0. The van der Waals surface area contributed by atoms with Crippen LogP contribution < -0.4 is 12.3 Å². The zero-order chi connectivity index (χ0) is 9.00. The molecule has 0 aliphatic carbocycles. The molecule has 137 valence electrons. The molecule has 1 radical (unpaired) electrons. The quantitative estimate of drug-likeness (QED) is 0.210. The molecule has 0 unspecified atom stereocenters. The molecule has 0 atom stereocenters. The second kappa shape index (κ2) is 36.1. The maximum atomic E-state index is 8.74. The average Bonchev–Trinajstić information content (AvgIpc) is 1.12. The van der Waals surface area contributed by atoms with E-state index >= 15 is 0 Å². The third-order valence-corrected chi connectivity index (χ3v) is 0. The number of hydrogen-bond acceptors (Lipinski definition) is 6. The van der Waals surface area contributed by atoms with E-state index < -0.39 is 20.8 Å². The molecule has 0 spiro atoms. The minimum atomic E-state index is -4.67. The van der Waals surface area contributed by atoms with Crippen LogP contribution in [0.3, 0.4) is 0 Å². The summed E-state index contributed by atoms with van der Waals surface area (Å²) in [6.07, 6.45) is 0. The topological polar surface area (TPSA) is 408 Å². The molecule has 0 aromatic heterocycles. The van der Waals surface area contributed by atoms with Crippen molar-refractivity contribution >= 4 is 20.8 Å². The van der Waals surface area contributed by atoms with Crippen LogP contribution >= 0.6 is 0 Å². The van der Waals surface area contributed by atoms with Crippen molar-refractivity contribution < 1.29 is 84.7 Å². The Hall–Kier alpha value is -0.0735. The van der Waals surface area contributed by atoms with Gasteiger partial charge in [-0.3, -0.25) is 18.2 Å². The van der Waals surface area contributed by atoms with Crippen LogP contribution in [0.4, 0.5) is 0 Å². The van der Waals surface area contributed by atoms with Crippen molar-refractivity contribution in [1.29, 1.82) is 0 Å². The Morgan fingerprint density at radius 2 is 0.474 bits per heavy atom. The molecule has 0 heterocycles. The van der Waals surface area contributed by atoms with Crippen molar-refractivity contribution in [3.63, 3.8) is 0 Å². The molecule has 0 aliphatic heterocycles. The second-order valence-corrected chi connectivity index (χ2v) is 2.69. The Bertz CT molecular complexity index is 220. The van der Waals surface area contributed by atoms with Gasteiger partial charge in [-0.25, -0.2) is 0 Å². The monoisotopic (exact) mass is 397 g/mol. The Morgan fingerprint density at radius 1 is 0.474 bits per heavy atom. The van der Waals surface area contributed by atoms with Gasteiger partial charge < -0.3 is 45.2 Å². The van der Waals surface area contributed by atoms with E-state index in [-0.39, 0.29) is 61.9 Å².